The fraction of sp³-hybridized carbons (Fsp3) is 0.583. The van der Waals surface area contributed by atoms with Crippen molar-refractivity contribution in [1.82, 2.24) is 0 Å². The Bertz CT molecular complexity index is 504. The molecule has 20 heavy (non-hydrogen) atoms. The third-order valence-corrected chi connectivity index (χ3v) is 3.92. The normalized spacial score (nSPS) is 25.2. The second-order valence-electron chi connectivity index (χ2n) is 5.12. The second-order valence-corrected chi connectivity index (χ2v) is 7.41. The first-order valence-corrected chi connectivity index (χ1v) is 6.67. The zero-order valence-electron chi connectivity index (χ0n) is 10.7. The van der Waals surface area contributed by atoms with E-state index in [-0.39, 0.29) is 5.57 Å². The molecule has 0 bridgehead atoms. The monoisotopic (exact) mass is 339 g/mol. The summed E-state index contributed by atoms with van der Waals surface area (Å²) in [6, 6.07) is 1.75. The lowest BCUT2D eigenvalue weighted by Gasteiger charge is -2.20. The lowest BCUT2D eigenvalue weighted by molar-refractivity contribution is -0.148. The van der Waals surface area contributed by atoms with Crippen LogP contribution in [-0.4, -0.2) is 26.9 Å². The van der Waals surface area contributed by atoms with E-state index in [2.05, 4.69) is 6.58 Å². The first-order chi connectivity index (χ1) is 8.94. The molecular formula is C12H12Cl3NO4. The minimum Gasteiger partial charge on any atom is -0.481 e. The summed E-state index contributed by atoms with van der Waals surface area (Å²) in [7, 11) is 0. The molecule has 0 aromatic carbocycles. The third kappa shape index (κ3) is 3.20. The van der Waals surface area contributed by atoms with Crippen LogP contribution < -0.4 is 0 Å². The van der Waals surface area contributed by atoms with Gasteiger partial charge >= 0.3 is 11.9 Å². The van der Waals surface area contributed by atoms with Gasteiger partial charge in [-0.15, -0.1) is 0 Å². The van der Waals surface area contributed by atoms with Gasteiger partial charge in [0.2, 0.25) is 0 Å². The summed E-state index contributed by atoms with van der Waals surface area (Å²) in [4.78, 5) is 22.8. The summed E-state index contributed by atoms with van der Waals surface area (Å²) in [6.45, 7) is 6.85. The van der Waals surface area contributed by atoms with Gasteiger partial charge in [0.1, 0.15) is 6.10 Å². The van der Waals surface area contributed by atoms with Gasteiger partial charge in [0.25, 0.3) is 3.79 Å². The maximum absolute atomic E-state index is 11.6. The average molecular weight is 341 g/mol. The van der Waals surface area contributed by atoms with Gasteiger partial charge in [-0.3, -0.25) is 4.79 Å². The van der Waals surface area contributed by atoms with Crippen molar-refractivity contribution in [3.05, 3.63) is 12.2 Å². The number of ether oxygens (including phenoxy) is 1. The number of nitriles is 1. The zero-order valence-corrected chi connectivity index (χ0v) is 13.0. The lowest BCUT2D eigenvalue weighted by Crippen LogP contribution is -2.31. The van der Waals surface area contributed by atoms with Crippen LogP contribution in [0, 0.1) is 28.6 Å². The molecule has 1 fully saturated rings. The molecule has 3 unspecified atom stereocenters. The number of carbonyl (C=O) groups excluding carboxylic acids is 1. The molecule has 1 aliphatic rings. The zero-order chi connectivity index (χ0) is 15.9. The van der Waals surface area contributed by atoms with E-state index < -0.39 is 39.1 Å². The molecule has 0 amide bonds. The van der Waals surface area contributed by atoms with Crippen molar-refractivity contribution in [1.29, 1.82) is 5.26 Å². The van der Waals surface area contributed by atoms with E-state index in [1.807, 2.05) is 0 Å². The molecule has 1 N–H and O–H groups in total. The maximum atomic E-state index is 11.6. The van der Waals surface area contributed by atoms with Crippen molar-refractivity contribution < 1.29 is 19.4 Å². The van der Waals surface area contributed by atoms with Gasteiger partial charge in [-0.05, 0) is 5.41 Å². The second kappa shape index (κ2) is 5.44. The largest absolute Gasteiger partial charge is 0.481 e. The van der Waals surface area contributed by atoms with Crippen LogP contribution >= 0.6 is 34.8 Å². The van der Waals surface area contributed by atoms with E-state index in [4.69, 9.17) is 49.9 Å². The van der Waals surface area contributed by atoms with Crippen LogP contribution in [0.25, 0.3) is 0 Å². The highest BCUT2D eigenvalue weighted by Crippen LogP contribution is 2.61. The maximum Gasteiger partial charge on any atom is 0.359 e. The van der Waals surface area contributed by atoms with Gasteiger partial charge < -0.3 is 9.84 Å². The molecule has 110 valence electrons. The van der Waals surface area contributed by atoms with Crippen LogP contribution in [0.4, 0.5) is 0 Å². The fourth-order valence-corrected chi connectivity index (χ4v) is 2.45. The Labute approximate surface area is 131 Å². The molecule has 5 nitrogen and oxygen atoms in total. The fourth-order valence-electron chi connectivity index (χ4n) is 2.32. The molecule has 0 radical (unpaired) electrons. The van der Waals surface area contributed by atoms with E-state index in [0.717, 1.165) is 0 Å². The van der Waals surface area contributed by atoms with Crippen molar-refractivity contribution in [2.75, 3.05) is 0 Å². The summed E-state index contributed by atoms with van der Waals surface area (Å²) in [5, 5.41) is 18.0. The van der Waals surface area contributed by atoms with Crippen molar-refractivity contribution in [3.63, 3.8) is 0 Å². The topological polar surface area (TPSA) is 87.4 Å². The van der Waals surface area contributed by atoms with Gasteiger partial charge in [-0.1, -0.05) is 55.2 Å². The summed E-state index contributed by atoms with van der Waals surface area (Å²) in [5.74, 6) is -3.57. The smallest absolute Gasteiger partial charge is 0.359 e. The summed E-state index contributed by atoms with van der Waals surface area (Å²) >= 11 is 16.2. The Hall–Kier alpha value is -0.960. The van der Waals surface area contributed by atoms with Gasteiger partial charge in [-0.25, -0.2) is 4.79 Å². The van der Waals surface area contributed by atoms with E-state index in [0.29, 0.717) is 0 Å². The number of halogens is 3. The van der Waals surface area contributed by atoms with E-state index in [1.165, 1.54) is 0 Å². The predicted molar refractivity (Wildman–Crippen MR) is 73.3 cm³/mol. The Morgan fingerprint density at radius 2 is 1.95 bits per heavy atom. The van der Waals surface area contributed by atoms with Gasteiger partial charge in [0.05, 0.1) is 17.6 Å². The van der Waals surface area contributed by atoms with E-state index in [1.54, 1.807) is 19.9 Å². The van der Waals surface area contributed by atoms with E-state index >= 15 is 0 Å². The van der Waals surface area contributed by atoms with Crippen LogP contribution in [0.3, 0.4) is 0 Å². The third-order valence-electron chi connectivity index (χ3n) is 3.46. The number of hydrogen-bond donors (Lipinski definition) is 1. The van der Waals surface area contributed by atoms with Gasteiger partial charge in [0, 0.05) is 5.92 Å². The molecule has 0 heterocycles. The Balaban J connectivity index is 3.00. The minimum absolute atomic E-state index is 0.0885. The first-order valence-electron chi connectivity index (χ1n) is 5.54. The SMILES string of the molecule is C=C(C#N)C(OC(=O)C(Cl)(Cl)Cl)C1C(C(=O)O)C1(C)C. The number of nitrogens with zero attached hydrogens (tertiary/aromatic N) is 1. The van der Waals surface area contributed by atoms with Crippen molar-refractivity contribution in [3.8, 4) is 6.07 Å². The molecule has 3 atom stereocenters. The Kier molecular flexibility index (Phi) is 4.65. The molecule has 0 saturated heterocycles. The number of carboxylic acid groups (broad SMARTS) is 1. The van der Waals surface area contributed by atoms with E-state index in [9.17, 15) is 9.59 Å². The summed E-state index contributed by atoms with van der Waals surface area (Å²) < 4.78 is 2.69. The Morgan fingerprint density at radius 3 is 2.25 bits per heavy atom. The van der Waals surface area contributed by atoms with Crippen LogP contribution in [0.5, 0.6) is 0 Å². The minimum atomic E-state index is -2.30. The number of rotatable bonds is 4. The molecule has 1 aliphatic carbocycles. The molecule has 0 spiro atoms. The van der Waals surface area contributed by atoms with Crippen LogP contribution in [0.2, 0.25) is 0 Å². The molecule has 0 aliphatic heterocycles. The predicted octanol–water partition coefficient (Wildman–Crippen LogP) is 2.70. The molecule has 8 heteroatoms. The molecule has 1 saturated carbocycles. The van der Waals surface area contributed by atoms with Crippen molar-refractivity contribution >= 4 is 46.7 Å². The lowest BCUT2D eigenvalue weighted by atomic mass is 10.0. The number of carboxylic acids is 1. The highest BCUT2D eigenvalue weighted by atomic mass is 35.6. The standard InChI is InChI=1S/C12H12Cl3NO4/c1-5(4-16)8(20-10(19)12(13,14)15)6-7(9(17)18)11(6,2)3/h6-8H,1H2,2-3H3,(H,17,18). The van der Waals surface area contributed by atoms with Crippen LogP contribution in [0.15, 0.2) is 12.2 Å². The number of aliphatic carboxylic acids is 1. The quantitative estimate of drug-likeness (QED) is 0.483. The first kappa shape index (κ1) is 17.1. The number of esters is 1. The van der Waals surface area contributed by atoms with Gasteiger partial charge in [0.15, 0.2) is 0 Å². The summed E-state index contributed by atoms with van der Waals surface area (Å²) in [6.07, 6.45) is -1.13. The average Bonchev–Trinajstić information content (AvgIpc) is 2.86. The molecule has 1 rings (SSSR count). The number of carbonyl (C=O) groups is 2. The highest BCUT2D eigenvalue weighted by Gasteiger charge is 2.67. The van der Waals surface area contributed by atoms with Crippen molar-refractivity contribution in [2.45, 2.75) is 23.7 Å². The van der Waals surface area contributed by atoms with Crippen LogP contribution in [0.1, 0.15) is 13.8 Å². The van der Waals surface area contributed by atoms with Crippen molar-refractivity contribution in [2.24, 2.45) is 17.3 Å². The van der Waals surface area contributed by atoms with Crippen LogP contribution in [-0.2, 0) is 14.3 Å². The van der Waals surface area contributed by atoms with Gasteiger partial charge in [-0.2, -0.15) is 5.26 Å². The highest BCUT2D eigenvalue weighted by molar-refractivity contribution is 6.75. The molecule has 0 aromatic rings. The Morgan fingerprint density at radius 1 is 1.45 bits per heavy atom. The summed E-state index contributed by atoms with van der Waals surface area (Å²) in [5.41, 5.74) is -0.737. The molecule has 0 aromatic heterocycles. The molecular weight excluding hydrogens is 328 g/mol. The number of hydrogen-bond acceptors (Lipinski definition) is 4. The number of alkyl halides is 3.